The van der Waals surface area contributed by atoms with Crippen LogP contribution in [-0.2, 0) is 6.42 Å². The zero-order valence-corrected chi connectivity index (χ0v) is 9.54. The number of nitrogens with one attached hydrogen (secondary N) is 1. The maximum atomic E-state index is 5.36. The summed E-state index contributed by atoms with van der Waals surface area (Å²) in [5.74, 6) is 1.48. The molecular formula is C13H15NO2. The first-order valence-corrected chi connectivity index (χ1v) is 5.13. The van der Waals surface area contributed by atoms with Gasteiger partial charge in [0.05, 0.1) is 19.7 Å². The second kappa shape index (κ2) is 4.31. The van der Waals surface area contributed by atoms with Crippen molar-refractivity contribution >= 4 is 10.9 Å². The standard InChI is InChI=1S/C13H15NO2/c1-4-5-9-8-14-12-10(9)6-7-11(15-2)13(12)16-3/h4,6-8,14H,1,5H2,2-3H3. The lowest BCUT2D eigenvalue weighted by atomic mass is 10.1. The predicted octanol–water partition coefficient (Wildman–Crippen LogP) is 2.91. The smallest absolute Gasteiger partial charge is 0.184 e. The lowest BCUT2D eigenvalue weighted by molar-refractivity contribution is 0.358. The molecule has 2 aromatic rings. The Kier molecular flexibility index (Phi) is 2.86. The Bertz CT molecular complexity index is 514. The molecule has 3 heteroatoms. The molecule has 1 N–H and O–H groups in total. The number of fused-ring (bicyclic) bond motifs is 1. The number of methoxy groups -OCH3 is 2. The van der Waals surface area contributed by atoms with Crippen molar-refractivity contribution in [3.8, 4) is 11.5 Å². The van der Waals surface area contributed by atoms with E-state index in [2.05, 4.69) is 11.6 Å². The largest absolute Gasteiger partial charge is 0.493 e. The number of aromatic nitrogens is 1. The second-order valence-corrected chi connectivity index (χ2v) is 3.53. The molecule has 0 fully saturated rings. The number of aromatic amines is 1. The van der Waals surface area contributed by atoms with Crippen LogP contribution in [0.15, 0.2) is 31.0 Å². The van der Waals surface area contributed by atoms with Gasteiger partial charge in [-0.2, -0.15) is 0 Å². The van der Waals surface area contributed by atoms with E-state index >= 15 is 0 Å². The fourth-order valence-electron chi connectivity index (χ4n) is 1.90. The first kappa shape index (κ1) is 10.6. The fraction of sp³-hybridized carbons (Fsp3) is 0.231. The Labute approximate surface area is 94.7 Å². The van der Waals surface area contributed by atoms with E-state index in [-0.39, 0.29) is 0 Å². The molecule has 0 spiro atoms. The Morgan fingerprint density at radius 2 is 2.12 bits per heavy atom. The van der Waals surface area contributed by atoms with Crippen molar-refractivity contribution in [2.45, 2.75) is 6.42 Å². The van der Waals surface area contributed by atoms with Crippen molar-refractivity contribution in [1.29, 1.82) is 0 Å². The molecule has 0 saturated heterocycles. The van der Waals surface area contributed by atoms with Gasteiger partial charge in [-0.3, -0.25) is 0 Å². The molecule has 0 aliphatic heterocycles. The van der Waals surface area contributed by atoms with Gasteiger partial charge in [-0.25, -0.2) is 0 Å². The summed E-state index contributed by atoms with van der Waals surface area (Å²) in [6, 6.07) is 3.95. The molecule has 0 saturated carbocycles. The molecule has 0 amide bonds. The van der Waals surface area contributed by atoms with Gasteiger partial charge in [0, 0.05) is 11.6 Å². The van der Waals surface area contributed by atoms with Crippen LogP contribution in [0.4, 0.5) is 0 Å². The Hall–Kier alpha value is -1.90. The van der Waals surface area contributed by atoms with Gasteiger partial charge >= 0.3 is 0 Å². The number of H-pyrrole nitrogens is 1. The summed E-state index contributed by atoms with van der Waals surface area (Å²) in [7, 11) is 3.28. The summed E-state index contributed by atoms with van der Waals surface area (Å²) in [5, 5.41) is 1.15. The molecule has 0 atom stereocenters. The summed E-state index contributed by atoms with van der Waals surface area (Å²) >= 11 is 0. The molecule has 16 heavy (non-hydrogen) atoms. The zero-order valence-electron chi connectivity index (χ0n) is 9.54. The average Bonchev–Trinajstić information content (AvgIpc) is 2.72. The third-order valence-electron chi connectivity index (χ3n) is 2.65. The van der Waals surface area contributed by atoms with Crippen LogP contribution in [0.1, 0.15) is 5.56 Å². The van der Waals surface area contributed by atoms with Crippen molar-refractivity contribution < 1.29 is 9.47 Å². The first-order chi connectivity index (χ1) is 7.81. The molecule has 1 heterocycles. The molecule has 1 aromatic carbocycles. The minimum Gasteiger partial charge on any atom is -0.493 e. The minimum absolute atomic E-state index is 0.738. The van der Waals surface area contributed by atoms with Crippen LogP contribution in [-0.4, -0.2) is 19.2 Å². The van der Waals surface area contributed by atoms with E-state index in [0.29, 0.717) is 0 Å². The number of rotatable bonds is 4. The van der Waals surface area contributed by atoms with Crippen LogP contribution in [0.25, 0.3) is 10.9 Å². The highest BCUT2D eigenvalue weighted by molar-refractivity contribution is 5.90. The van der Waals surface area contributed by atoms with E-state index < -0.39 is 0 Å². The van der Waals surface area contributed by atoms with E-state index in [1.165, 1.54) is 5.56 Å². The van der Waals surface area contributed by atoms with E-state index in [9.17, 15) is 0 Å². The highest BCUT2D eigenvalue weighted by Gasteiger charge is 2.12. The van der Waals surface area contributed by atoms with Gasteiger partial charge in [-0.1, -0.05) is 6.08 Å². The Morgan fingerprint density at radius 1 is 1.31 bits per heavy atom. The van der Waals surface area contributed by atoms with Crippen LogP contribution < -0.4 is 9.47 Å². The third kappa shape index (κ3) is 1.54. The summed E-state index contributed by atoms with van der Waals surface area (Å²) in [6.07, 6.45) is 4.71. The second-order valence-electron chi connectivity index (χ2n) is 3.53. The van der Waals surface area contributed by atoms with E-state index in [4.69, 9.17) is 9.47 Å². The Morgan fingerprint density at radius 3 is 2.75 bits per heavy atom. The van der Waals surface area contributed by atoms with E-state index in [0.717, 1.165) is 28.8 Å². The molecule has 0 aliphatic rings. The van der Waals surface area contributed by atoms with Gasteiger partial charge in [0.1, 0.15) is 0 Å². The zero-order chi connectivity index (χ0) is 11.5. The van der Waals surface area contributed by atoms with Gasteiger partial charge < -0.3 is 14.5 Å². The van der Waals surface area contributed by atoms with Crippen molar-refractivity contribution in [1.82, 2.24) is 4.98 Å². The molecule has 0 aliphatic carbocycles. The number of hydrogen-bond donors (Lipinski definition) is 1. The van der Waals surface area contributed by atoms with Crippen LogP contribution >= 0.6 is 0 Å². The normalized spacial score (nSPS) is 10.4. The van der Waals surface area contributed by atoms with Crippen LogP contribution in [0.5, 0.6) is 11.5 Å². The molecule has 0 unspecified atom stereocenters. The number of allylic oxidation sites excluding steroid dienone is 1. The van der Waals surface area contributed by atoms with Gasteiger partial charge in [0.15, 0.2) is 11.5 Å². The van der Waals surface area contributed by atoms with Crippen molar-refractivity contribution in [2.24, 2.45) is 0 Å². The van der Waals surface area contributed by atoms with Crippen molar-refractivity contribution in [2.75, 3.05) is 14.2 Å². The highest BCUT2D eigenvalue weighted by atomic mass is 16.5. The Balaban J connectivity index is 2.65. The van der Waals surface area contributed by atoms with Crippen LogP contribution in [0.2, 0.25) is 0 Å². The molecule has 0 bridgehead atoms. The first-order valence-electron chi connectivity index (χ1n) is 5.13. The average molecular weight is 217 g/mol. The van der Waals surface area contributed by atoms with Crippen LogP contribution in [0, 0.1) is 0 Å². The molecule has 2 rings (SSSR count). The fourth-order valence-corrected chi connectivity index (χ4v) is 1.90. The summed E-state index contributed by atoms with van der Waals surface area (Å²) in [4.78, 5) is 3.21. The third-order valence-corrected chi connectivity index (χ3v) is 2.65. The highest BCUT2D eigenvalue weighted by Crippen LogP contribution is 2.35. The number of ether oxygens (including phenoxy) is 2. The van der Waals surface area contributed by atoms with Crippen molar-refractivity contribution in [3.05, 3.63) is 36.5 Å². The quantitative estimate of drug-likeness (QED) is 0.799. The van der Waals surface area contributed by atoms with Crippen LogP contribution in [0.3, 0.4) is 0 Å². The van der Waals surface area contributed by atoms with E-state index in [1.54, 1.807) is 14.2 Å². The number of benzene rings is 1. The molecule has 84 valence electrons. The SMILES string of the molecule is C=CCc1c[nH]c2c(OC)c(OC)ccc12. The van der Waals surface area contributed by atoms with Crippen molar-refractivity contribution in [3.63, 3.8) is 0 Å². The lowest BCUT2D eigenvalue weighted by Gasteiger charge is -2.08. The van der Waals surface area contributed by atoms with Gasteiger partial charge in [0.2, 0.25) is 0 Å². The molecule has 0 radical (unpaired) electrons. The number of hydrogen-bond acceptors (Lipinski definition) is 2. The predicted molar refractivity (Wildman–Crippen MR) is 65.3 cm³/mol. The molecular weight excluding hydrogens is 202 g/mol. The van der Waals surface area contributed by atoms with Gasteiger partial charge in [0.25, 0.3) is 0 Å². The maximum absolute atomic E-state index is 5.36. The summed E-state index contributed by atoms with van der Waals surface area (Å²) < 4.78 is 10.6. The monoisotopic (exact) mass is 217 g/mol. The van der Waals surface area contributed by atoms with E-state index in [1.807, 2.05) is 24.4 Å². The van der Waals surface area contributed by atoms with Gasteiger partial charge in [-0.05, 0) is 24.1 Å². The summed E-state index contributed by atoms with van der Waals surface area (Å²) in [6.45, 7) is 3.75. The molecule has 1 aromatic heterocycles. The maximum Gasteiger partial charge on any atom is 0.184 e. The lowest BCUT2D eigenvalue weighted by Crippen LogP contribution is -1.91. The topological polar surface area (TPSA) is 34.2 Å². The minimum atomic E-state index is 0.738. The summed E-state index contributed by atoms with van der Waals surface area (Å²) in [5.41, 5.74) is 2.18. The van der Waals surface area contributed by atoms with Gasteiger partial charge in [-0.15, -0.1) is 6.58 Å². The molecule has 3 nitrogen and oxygen atoms in total.